The highest BCUT2D eigenvalue weighted by Gasteiger charge is 2.16. The molecule has 0 fully saturated rings. The number of rotatable bonds is 4. The maximum atomic E-state index is 11.5. The predicted octanol–water partition coefficient (Wildman–Crippen LogP) is 5.34. The molecular formula is C20H17NO3. The van der Waals surface area contributed by atoms with Crippen LogP contribution < -0.4 is 0 Å². The van der Waals surface area contributed by atoms with Crippen LogP contribution in [-0.2, 0) is 0 Å². The molecule has 0 aliphatic rings. The third-order valence-corrected chi connectivity index (χ3v) is 3.68. The number of hydrogen-bond donors (Lipinski definition) is 0. The fourth-order valence-electron chi connectivity index (χ4n) is 2.69. The summed E-state index contributed by atoms with van der Waals surface area (Å²) in [7, 11) is 0. The van der Waals surface area contributed by atoms with E-state index in [2.05, 4.69) is 0 Å². The highest BCUT2D eigenvalue weighted by molar-refractivity contribution is 5.76. The lowest BCUT2D eigenvalue weighted by atomic mass is 10.0. The summed E-state index contributed by atoms with van der Waals surface area (Å²) < 4.78 is 5.75. The molecule has 0 saturated heterocycles. The van der Waals surface area contributed by atoms with Crippen molar-refractivity contribution >= 4 is 11.8 Å². The second-order valence-electron chi connectivity index (χ2n) is 5.73. The molecule has 0 aliphatic carbocycles. The van der Waals surface area contributed by atoms with E-state index in [0.717, 1.165) is 16.7 Å². The molecule has 0 unspecified atom stereocenters. The van der Waals surface area contributed by atoms with Gasteiger partial charge in [0.25, 0.3) is 5.70 Å². The normalized spacial score (nSPS) is 11.5. The van der Waals surface area contributed by atoms with Gasteiger partial charge in [0.05, 0.1) is 16.6 Å². The summed E-state index contributed by atoms with van der Waals surface area (Å²) in [6, 6.07) is 18.8. The van der Waals surface area contributed by atoms with Crippen LogP contribution in [0.25, 0.3) is 23.1 Å². The lowest BCUT2D eigenvalue weighted by Crippen LogP contribution is -1.98. The van der Waals surface area contributed by atoms with E-state index in [1.54, 1.807) is 6.07 Å². The molecule has 2 aromatic carbocycles. The zero-order chi connectivity index (χ0) is 17.1. The topological polar surface area (TPSA) is 56.3 Å². The first-order valence-electron chi connectivity index (χ1n) is 7.63. The number of aryl methyl sites for hydroxylation is 2. The Kier molecular flexibility index (Phi) is 4.29. The van der Waals surface area contributed by atoms with Gasteiger partial charge in [0.2, 0.25) is 0 Å². The number of hydrogen-bond acceptors (Lipinski definition) is 3. The van der Waals surface area contributed by atoms with Gasteiger partial charge in [0, 0.05) is 5.56 Å². The Morgan fingerprint density at radius 3 is 2.29 bits per heavy atom. The monoisotopic (exact) mass is 319 g/mol. The van der Waals surface area contributed by atoms with Crippen LogP contribution in [0, 0.1) is 24.0 Å². The van der Waals surface area contributed by atoms with Crippen molar-refractivity contribution in [2.75, 3.05) is 0 Å². The molecule has 0 N–H and O–H groups in total. The molecule has 1 heterocycles. The van der Waals surface area contributed by atoms with Crippen LogP contribution in [-0.4, -0.2) is 4.92 Å². The van der Waals surface area contributed by atoms with Crippen molar-refractivity contribution in [3.63, 3.8) is 0 Å². The largest absolute Gasteiger partial charge is 0.456 e. The van der Waals surface area contributed by atoms with Crippen LogP contribution in [0.3, 0.4) is 0 Å². The maximum Gasteiger partial charge on any atom is 0.280 e. The van der Waals surface area contributed by atoms with E-state index in [1.807, 2.05) is 68.4 Å². The van der Waals surface area contributed by atoms with Crippen molar-refractivity contribution in [3.05, 3.63) is 93.2 Å². The Bertz CT molecular complexity index is 887. The van der Waals surface area contributed by atoms with Gasteiger partial charge in [0.15, 0.2) is 0 Å². The minimum Gasteiger partial charge on any atom is -0.456 e. The van der Waals surface area contributed by atoms with E-state index in [1.165, 1.54) is 6.08 Å². The predicted molar refractivity (Wildman–Crippen MR) is 94.9 cm³/mol. The Hall–Kier alpha value is -3.14. The summed E-state index contributed by atoms with van der Waals surface area (Å²) in [6.45, 7) is 3.85. The first-order chi connectivity index (χ1) is 11.5. The minimum absolute atomic E-state index is 0.0239. The van der Waals surface area contributed by atoms with Gasteiger partial charge >= 0.3 is 0 Å². The van der Waals surface area contributed by atoms with Crippen LogP contribution in [0.1, 0.15) is 22.5 Å². The molecule has 0 spiro atoms. The SMILES string of the molecule is Cc1cc(C)cc(C(=Cc2ccc(-c3ccccc3)o2)[N+](=O)[O-])c1. The van der Waals surface area contributed by atoms with Gasteiger partial charge in [-0.25, -0.2) is 0 Å². The first kappa shape index (κ1) is 15.7. The van der Waals surface area contributed by atoms with E-state index in [9.17, 15) is 10.1 Å². The van der Waals surface area contributed by atoms with Gasteiger partial charge < -0.3 is 4.42 Å². The fraction of sp³-hybridized carbons (Fsp3) is 0.100. The lowest BCUT2D eigenvalue weighted by molar-refractivity contribution is -0.374. The average Bonchev–Trinajstić information content (AvgIpc) is 3.01. The van der Waals surface area contributed by atoms with Gasteiger partial charge in [0.1, 0.15) is 11.5 Å². The summed E-state index contributed by atoms with van der Waals surface area (Å²) in [4.78, 5) is 11.1. The Labute approximate surface area is 140 Å². The molecule has 120 valence electrons. The summed E-state index contributed by atoms with van der Waals surface area (Å²) >= 11 is 0. The van der Waals surface area contributed by atoms with Crippen LogP contribution in [0.15, 0.2) is 65.1 Å². The number of furan rings is 1. The van der Waals surface area contributed by atoms with E-state index in [4.69, 9.17) is 4.42 Å². The summed E-state index contributed by atoms with van der Waals surface area (Å²) in [5.74, 6) is 1.14. The van der Waals surface area contributed by atoms with Crippen LogP contribution in [0.4, 0.5) is 0 Å². The van der Waals surface area contributed by atoms with Crippen molar-refractivity contribution in [1.82, 2.24) is 0 Å². The smallest absolute Gasteiger partial charge is 0.280 e. The van der Waals surface area contributed by atoms with Crippen LogP contribution >= 0.6 is 0 Å². The van der Waals surface area contributed by atoms with E-state index < -0.39 is 0 Å². The van der Waals surface area contributed by atoms with Crippen molar-refractivity contribution in [2.24, 2.45) is 0 Å². The second kappa shape index (κ2) is 6.54. The van der Waals surface area contributed by atoms with Crippen LogP contribution in [0.5, 0.6) is 0 Å². The molecule has 3 aromatic rings. The average molecular weight is 319 g/mol. The lowest BCUT2D eigenvalue weighted by Gasteiger charge is -2.02. The van der Waals surface area contributed by atoms with Crippen molar-refractivity contribution in [2.45, 2.75) is 13.8 Å². The second-order valence-corrected chi connectivity index (χ2v) is 5.73. The molecule has 0 bridgehead atoms. The molecule has 4 heteroatoms. The van der Waals surface area contributed by atoms with Gasteiger partial charge in [-0.1, -0.05) is 47.5 Å². The Balaban J connectivity index is 2.01. The van der Waals surface area contributed by atoms with Gasteiger partial charge in [-0.2, -0.15) is 0 Å². The molecular weight excluding hydrogens is 302 g/mol. The van der Waals surface area contributed by atoms with Gasteiger partial charge in [-0.05, 0) is 38.1 Å². The number of nitrogens with zero attached hydrogens (tertiary/aromatic N) is 1. The molecule has 0 aliphatic heterocycles. The molecule has 1 aromatic heterocycles. The number of benzene rings is 2. The molecule has 0 atom stereocenters. The summed E-state index contributed by atoms with van der Waals surface area (Å²) in [5.41, 5.74) is 3.52. The van der Waals surface area contributed by atoms with Crippen molar-refractivity contribution in [1.29, 1.82) is 0 Å². The zero-order valence-corrected chi connectivity index (χ0v) is 13.5. The quantitative estimate of drug-likeness (QED) is 0.482. The molecule has 0 amide bonds. The molecule has 3 rings (SSSR count). The van der Waals surface area contributed by atoms with Gasteiger partial charge in [-0.3, -0.25) is 10.1 Å². The standard InChI is InChI=1S/C20H17NO3/c1-14-10-15(2)12-17(11-14)19(21(22)23)13-18-8-9-20(24-18)16-6-4-3-5-7-16/h3-13H,1-2H3. The van der Waals surface area contributed by atoms with Crippen LogP contribution in [0.2, 0.25) is 0 Å². The molecule has 0 saturated carbocycles. The highest BCUT2D eigenvalue weighted by atomic mass is 16.6. The molecule has 4 nitrogen and oxygen atoms in total. The van der Waals surface area contributed by atoms with E-state index in [0.29, 0.717) is 17.1 Å². The maximum absolute atomic E-state index is 11.5. The highest BCUT2D eigenvalue weighted by Crippen LogP contribution is 2.26. The van der Waals surface area contributed by atoms with Gasteiger partial charge in [-0.15, -0.1) is 0 Å². The van der Waals surface area contributed by atoms with Crippen molar-refractivity contribution < 1.29 is 9.34 Å². The third-order valence-electron chi connectivity index (χ3n) is 3.68. The molecule has 24 heavy (non-hydrogen) atoms. The summed E-state index contributed by atoms with van der Waals surface area (Å²) in [5, 5.41) is 11.5. The first-order valence-corrected chi connectivity index (χ1v) is 7.63. The Morgan fingerprint density at radius 2 is 1.67 bits per heavy atom. The fourth-order valence-corrected chi connectivity index (χ4v) is 2.69. The van der Waals surface area contributed by atoms with E-state index in [-0.39, 0.29) is 10.6 Å². The minimum atomic E-state index is -0.376. The number of nitro groups is 1. The van der Waals surface area contributed by atoms with E-state index >= 15 is 0 Å². The van der Waals surface area contributed by atoms with Crippen molar-refractivity contribution in [3.8, 4) is 11.3 Å². The zero-order valence-electron chi connectivity index (χ0n) is 13.5. The third kappa shape index (κ3) is 3.43. The summed E-state index contributed by atoms with van der Waals surface area (Å²) in [6.07, 6.45) is 1.47. The molecule has 0 radical (unpaired) electrons. The Morgan fingerprint density at radius 1 is 1.00 bits per heavy atom.